The van der Waals surface area contributed by atoms with Crippen molar-refractivity contribution in [1.82, 2.24) is 0 Å². The van der Waals surface area contributed by atoms with Crippen molar-refractivity contribution in [3.63, 3.8) is 0 Å². The summed E-state index contributed by atoms with van der Waals surface area (Å²) in [5.74, 6) is 0.404. The second kappa shape index (κ2) is 11.3. The Labute approximate surface area is 243 Å². The Bertz CT molecular complexity index is 1800. The van der Waals surface area contributed by atoms with E-state index in [4.69, 9.17) is 0 Å². The van der Waals surface area contributed by atoms with E-state index in [1.165, 1.54) is 55.7 Å². The number of rotatable bonds is 6. The minimum Gasteiger partial charge on any atom is -0.311 e. The van der Waals surface area contributed by atoms with E-state index in [2.05, 4.69) is 163 Å². The quantitative estimate of drug-likeness (QED) is 0.212. The number of hydrogen-bond acceptors (Lipinski definition) is 1. The molecule has 0 N–H and O–H groups in total. The van der Waals surface area contributed by atoms with Crippen molar-refractivity contribution in [1.29, 1.82) is 0 Å². The predicted octanol–water partition coefficient (Wildman–Crippen LogP) is 11.0. The summed E-state index contributed by atoms with van der Waals surface area (Å²) in [7, 11) is 0. The van der Waals surface area contributed by atoms with Crippen molar-refractivity contribution in [2.75, 3.05) is 4.90 Å². The summed E-state index contributed by atoms with van der Waals surface area (Å²) in [6.45, 7) is 0. The van der Waals surface area contributed by atoms with Gasteiger partial charge in [-0.15, -0.1) is 0 Å². The van der Waals surface area contributed by atoms with Crippen LogP contribution in [0.4, 0.5) is 11.4 Å². The van der Waals surface area contributed by atoms with Crippen molar-refractivity contribution in [2.24, 2.45) is 0 Å². The Kier molecular flexibility index (Phi) is 6.93. The van der Waals surface area contributed by atoms with Crippen LogP contribution in [0.3, 0.4) is 0 Å². The molecule has 41 heavy (non-hydrogen) atoms. The van der Waals surface area contributed by atoms with Gasteiger partial charge >= 0.3 is 0 Å². The fraction of sp³-hybridized carbons (Fsp3) is 0.100. The second-order valence-corrected chi connectivity index (χ2v) is 10.8. The standard InChI is InChI=1S/C40H33N/c1-4-13-30(14-5-1)31-23-25-35(26-24-31)41(34-19-8-3-9-20-34)36-27-28-39(40(29-36)33-15-6-2-7-16-33)38-22-12-18-32-17-10-11-21-37(32)38/h1-6,8-15,17-23,25-29,31H,7,16,24H2. The molecule has 0 bridgehead atoms. The van der Waals surface area contributed by atoms with Crippen LogP contribution in [0.25, 0.3) is 27.5 Å². The first kappa shape index (κ1) is 25.1. The summed E-state index contributed by atoms with van der Waals surface area (Å²) in [5, 5.41) is 2.56. The van der Waals surface area contributed by atoms with Crippen molar-refractivity contribution in [3.05, 3.63) is 175 Å². The lowest BCUT2D eigenvalue weighted by Gasteiger charge is -2.30. The van der Waals surface area contributed by atoms with Gasteiger partial charge < -0.3 is 4.90 Å². The average molecular weight is 528 g/mol. The maximum absolute atomic E-state index is 2.41. The van der Waals surface area contributed by atoms with Gasteiger partial charge in [-0.05, 0) is 88.2 Å². The van der Waals surface area contributed by atoms with E-state index < -0.39 is 0 Å². The highest BCUT2D eigenvalue weighted by atomic mass is 15.1. The highest BCUT2D eigenvalue weighted by Gasteiger charge is 2.21. The lowest BCUT2D eigenvalue weighted by molar-refractivity contribution is 0.840. The number of fused-ring (bicyclic) bond motifs is 1. The van der Waals surface area contributed by atoms with E-state index >= 15 is 0 Å². The summed E-state index contributed by atoms with van der Waals surface area (Å²) in [5.41, 5.74) is 10.2. The van der Waals surface area contributed by atoms with Crippen LogP contribution in [0.1, 0.15) is 36.3 Å². The molecular weight excluding hydrogens is 494 g/mol. The zero-order chi connectivity index (χ0) is 27.4. The molecule has 1 atom stereocenters. The summed E-state index contributed by atoms with van der Waals surface area (Å²) >= 11 is 0. The van der Waals surface area contributed by atoms with E-state index in [1.54, 1.807) is 0 Å². The Morgan fingerprint density at radius 2 is 1.41 bits per heavy atom. The first-order valence-corrected chi connectivity index (χ1v) is 14.6. The first-order valence-electron chi connectivity index (χ1n) is 14.6. The number of hydrogen-bond donors (Lipinski definition) is 0. The minimum absolute atomic E-state index is 0.404. The number of anilines is 2. The molecule has 1 heteroatoms. The van der Waals surface area contributed by atoms with Crippen LogP contribution in [0, 0.1) is 0 Å². The third-order valence-electron chi connectivity index (χ3n) is 8.28. The molecule has 0 heterocycles. The van der Waals surface area contributed by atoms with E-state index in [0.29, 0.717) is 5.92 Å². The van der Waals surface area contributed by atoms with Gasteiger partial charge in [0.2, 0.25) is 0 Å². The van der Waals surface area contributed by atoms with Gasteiger partial charge in [0, 0.05) is 23.0 Å². The number of benzene rings is 5. The van der Waals surface area contributed by atoms with Crippen molar-refractivity contribution >= 4 is 27.7 Å². The topological polar surface area (TPSA) is 3.24 Å². The molecule has 7 rings (SSSR count). The van der Waals surface area contributed by atoms with Crippen LogP contribution in [0.5, 0.6) is 0 Å². The summed E-state index contributed by atoms with van der Waals surface area (Å²) in [6, 6.07) is 44.0. The van der Waals surface area contributed by atoms with E-state index in [-0.39, 0.29) is 0 Å². The lowest BCUT2D eigenvalue weighted by Crippen LogP contribution is -2.17. The Hall–Kier alpha value is -4.88. The SMILES string of the molecule is C1=CCCC(c2cc(N(C3=CCC(c4ccccc4)C=C3)c3ccccc3)ccc2-c2cccc3ccccc23)=C1. The fourth-order valence-corrected chi connectivity index (χ4v) is 6.21. The van der Waals surface area contributed by atoms with Crippen molar-refractivity contribution in [2.45, 2.75) is 25.2 Å². The number of allylic oxidation sites excluding steroid dienone is 7. The number of para-hydroxylation sites is 1. The van der Waals surface area contributed by atoms with Gasteiger partial charge in [0.1, 0.15) is 0 Å². The Morgan fingerprint density at radius 1 is 0.634 bits per heavy atom. The predicted molar refractivity (Wildman–Crippen MR) is 175 cm³/mol. The molecule has 0 aliphatic heterocycles. The van der Waals surface area contributed by atoms with Gasteiger partial charge in [-0.2, -0.15) is 0 Å². The smallest absolute Gasteiger partial charge is 0.0467 e. The largest absolute Gasteiger partial charge is 0.311 e. The maximum atomic E-state index is 2.41. The second-order valence-electron chi connectivity index (χ2n) is 10.8. The molecule has 1 nitrogen and oxygen atoms in total. The van der Waals surface area contributed by atoms with Crippen molar-refractivity contribution in [3.8, 4) is 11.1 Å². The van der Waals surface area contributed by atoms with Crippen LogP contribution >= 0.6 is 0 Å². The molecule has 0 fully saturated rings. The van der Waals surface area contributed by atoms with Crippen molar-refractivity contribution < 1.29 is 0 Å². The molecule has 0 saturated carbocycles. The summed E-state index contributed by atoms with van der Waals surface area (Å²) in [6.07, 6.45) is 16.9. The molecule has 0 radical (unpaired) electrons. The lowest BCUT2D eigenvalue weighted by atomic mass is 9.87. The zero-order valence-corrected chi connectivity index (χ0v) is 23.2. The zero-order valence-electron chi connectivity index (χ0n) is 23.2. The maximum Gasteiger partial charge on any atom is 0.0467 e. The van der Waals surface area contributed by atoms with Crippen LogP contribution in [0.15, 0.2) is 163 Å². The molecule has 5 aromatic rings. The van der Waals surface area contributed by atoms with Gasteiger partial charge in [0.05, 0.1) is 0 Å². The molecule has 0 spiro atoms. The van der Waals surface area contributed by atoms with E-state index in [1.807, 2.05) is 0 Å². The highest BCUT2D eigenvalue weighted by molar-refractivity contribution is 6.00. The van der Waals surface area contributed by atoms with Crippen LogP contribution in [-0.2, 0) is 0 Å². The van der Waals surface area contributed by atoms with Gasteiger partial charge in [-0.25, -0.2) is 0 Å². The monoisotopic (exact) mass is 527 g/mol. The average Bonchev–Trinajstić information content (AvgIpc) is 3.06. The molecule has 5 aromatic carbocycles. The first-order chi connectivity index (χ1) is 20.3. The van der Waals surface area contributed by atoms with E-state index in [0.717, 1.165) is 19.3 Å². The van der Waals surface area contributed by atoms with Gasteiger partial charge in [0.15, 0.2) is 0 Å². The third kappa shape index (κ3) is 5.08. The van der Waals surface area contributed by atoms with Gasteiger partial charge in [0.25, 0.3) is 0 Å². The Morgan fingerprint density at radius 3 is 2.20 bits per heavy atom. The normalized spacial score (nSPS) is 16.3. The van der Waals surface area contributed by atoms with Crippen LogP contribution < -0.4 is 4.90 Å². The highest BCUT2D eigenvalue weighted by Crippen LogP contribution is 2.41. The van der Waals surface area contributed by atoms with Crippen LogP contribution in [0.2, 0.25) is 0 Å². The molecule has 2 aliphatic rings. The van der Waals surface area contributed by atoms with Crippen LogP contribution in [-0.4, -0.2) is 0 Å². The minimum atomic E-state index is 0.404. The van der Waals surface area contributed by atoms with E-state index in [9.17, 15) is 0 Å². The molecular formula is C40H33N. The molecule has 1 unspecified atom stereocenters. The third-order valence-corrected chi connectivity index (χ3v) is 8.28. The fourth-order valence-electron chi connectivity index (χ4n) is 6.21. The van der Waals surface area contributed by atoms with Gasteiger partial charge in [-0.1, -0.05) is 127 Å². The molecule has 0 aromatic heterocycles. The molecule has 2 aliphatic carbocycles. The number of nitrogens with zero attached hydrogens (tertiary/aromatic N) is 1. The summed E-state index contributed by atoms with van der Waals surface area (Å²) < 4.78 is 0. The molecule has 0 amide bonds. The Balaban J connectivity index is 1.35. The summed E-state index contributed by atoms with van der Waals surface area (Å²) in [4.78, 5) is 2.41. The molecule has 198 valence electrons. The van der Waals surface area contributed by atoms with Gasteiger partial charge in [-0.3, -0.25) is 0 Å². The molecule has 0 saturated heterocycles.